The molecule has 4 heterocycles. The molecule has 0 saturated carbocycles. The first-order valence-corrected chi connectivity index (χ1v) is 13.2. The van der Waals surface area contributed by atoms with Crippen LogP contribution in [0.25, 0.3) is 11.4 Å². The lowest BCUT2D eigenvalue weighted by atomic mass is 10.0. The van der Waals surface area contributed by atoms with Gasteiger partial charge in [-0.15, -0.1) is 5.10 Å². The van der Waals surface area contributed by atoms with Crippen LogP contribution < -0.4 is 15.1 Å². The Labute approximate surface area is 212 Å². The summed E-state index contributed by atoms with van der Waals surface area (Å²) in [6.07, 6.45) is 2.66. The number of nitrogens with one attached hydrogen (secondary N) is 1. The van der Waals surface area contributed by atoms with Crippen molar-refractivity contribution in [2.24, 2.45) is 0 Å². The van der Waals surface area contributed by atoms with Gasteiger partial charge in [-0.05, 0) is 28.6 Å². The third-order valence-corrected chi connectivity index (χ3v) is 7.93. The van der Waals surface area contributed by atoms with E-state index in [0.717, 1.165) is 24.5 Å². The van der Waals surface area contributed by atoms with E-state index < -0.39 is 0 Å². The van der Waals surface area contributed by atoms with Crippen LogP contribution in [-0.2, 0) is 22.6 Å². The summed E-state index contributed by atoms with van der Waals surface area (Å²) in [5.41, 5.74) is 4.91. The molecule has 1 aromatic heterocycles. The monoisotopic (exact) mass is 491 g/mol. The molecule has 3 fully saturated rings. The Bertz CT molecular complexity index is 1160. The Kier molecular flexibility index (Phi) is 6.71. The lowest BCUT2D eigenvalue weighted by molar-refractivity contribution is -0.901. The molecule has 3 saturated heterocycles. The van der Waals surface area contributed by atoms with E-state index in [-0.39, 0.29) is 24.3 Å². The molecular formula is C27H37N7O2+2. The summed E-state index contributed by atoms with van der Waals surface area (Å²) in [4.78, 5) is 3.78. The molecule has 3 aliphatic rings. The molecule has 4 atom stereocenters. The number of quaternary nitrogens is 2. The predicted molar refractivity (Wildman–Crippen MR) is 136 cm³/mol. The van der Waals surface area contributed by atoms with E-state index in [4.69, 9.17) is 9.47 Å². The van der Waals surface area contributed by atoms with E-state index in [1.807, 2.05) is 4.68 Å². The number of likely N-dealkylation sites (tertiary alicyclic amines) is 1. The number of anilines is 1. The maximum absolute atomic E-state index is 6.29. The minimum absolute atomic E-state index is 0.0226. The Hall–Kier alpha value is -2.85. The third kappa shape index (κ3) is 4.76. The van der Waals surface area contributed by atoms with Crippen LogP contribution in [0.2, 0.25) is 0 Å². The number of nitrogens with two attached hydrogens (primary N) is 1. The molecule has 9 nitrogen and oxygen atoms in total. The largest absolute Gasteiger partial charge is 0.378 e. The van der Waals surface area contributed by atoms with Crippen molar-refractivity contribution in [3.05, 3.63) is 59.7 Å². The number of nitrogens with zero attached hydrogens (tertiary/aromatic N) is 5. The summed E-state index contributed by atoms with van der Waals surface area (Å²) < 4.78 is 14.5. The summed E-state index contributed by atoms with van der Waals surface area (Å²) >= 11 is 0. The Morgan fingerprint density at radius 3 is 2.61 bits per heavy atom. The number of rotatable bonds is 8. The van der Waals surface area contributed by atoms with Gasteiger partial charge >= 0.3 is 0 Å². The van der Waals surface area contributed by atoms with Crippen molar-refractivity contribution in [1.82, 2.24) is 20.2 Å². The summed E-state index contributed by atoms with van der Waals surface area (Å²) in [6.45, 7) is 5.73. The van der Waals surface area contributed by atoms with Crippen LogP contribution >= 0.6 is 0 Å². The van der Waals surface area contributed by atoms with E-state index in [0.29, 0.717) is 13.2 Å². The first kappa shape index (κ1) is 23.5. The molecule has 0 spiro atoms. The van der Waals surface area contributed by atoms with Crippen molar-refractivity contribution < 1.29 is 19.7 Å². The molecule has 3 N–H and O–H groups in total. The van der Waals surface area contributed by atoms with E-state index in [1.54, 1.807) is 4.90 Å². The first-order chi connectivity index (χ1) is 17.7. The van der Waals surface area contributed by atoms with Gasteiger partial charge in [0.1, 0.15) is 44.0 Å². The van der Waals surface area contributed by atoms with E-state index in [1.165, 1.54) is 42.7 Å². The maximum atomic E-state index is 6.29. The van der Waals surface area contributed by atoms with Gasteiger partial charge in [-0.1, -0.05) is 30.3 Å². The highest BCUT2D eigenvalue weighted by molar-refractivity contribution is 5.56. The fourth-order valence-electron chi connectivity index (χ4n) is 5.91. The van der Waals surface area contributed by atoms with Gasteiger partial charge in [0, 0.05) is 49.3 Å². The zero-order valence-corrected chi connectivity index (χ0v) is 21.2. The molecule has 0 bridgehead atoms. The molecule has 0 aliphatic carbocycles. The maximum Gasteiger partial charge on any atom is 0.182 e. The van der Waals surface area contributed by atoms with E-state index >= 15 is 0 Å². The topological polar surface area (TPSA) is 86.4 Å². The minimum Gasteiger partial charge on any atom is -0.378 e. The second-order valence-corrected chi connectivity index (χ2v) is 10.6. The van der Waals surface area contributed by atoms with Gasteiger partial charge in [-0.2, -0.15) is 0 Å². The molecule has 6 rings (SSSR count). The number of fused-ring (bicyclic) bond motifs is 1. The van der Waals surface area contributed by atoms with Crippen molar-refractivity contribution >= 4 is 5.69 Å². The van der Waals surface area contributed by atoms with Crippen LogP contribution in [0.3, 0.4) is 0 Å². The first-order valence-electron chi connectivity index (χ1n) is 13.2. The number of hydrogen-bond donors (Lipinski definition) is 2. The van der Waals surface area contributed by atoms with E-state index in [2.05, 4.69) is 88.4 Å². The van der Waals surface area contributed by atoms with Crippen molar-refractivity contribution in [2.75, 3.05) is 45.3 Å². The summed E-state index contributed by atoms with van der Waals surface area (Å²) in [6, 6.07) is 17.7. The Morgan fingerprint density at radius 1 is 1.00 bits per heavy atom. The van der Waals surface area contributed by atoms with Crippen LogP contribution in [0, 0.1) is 0 Å². The van der Waals surface area contributed by atoms with Gasteiger partial charge in [0.25, 0.3) is 0 Å². The zero-order valence-electron chi connectivity index (χ0n) is 21.2. The summed E-state index contributed by atoms with van der Waals surface area (Å²) in [5.74, 6) is 0.791. The Morgan fingerprint density at radius 2 is 1.81 bits per heavy atom. The van der Waals surface area contributed by atoms with Crippen molar-refractivity contribution in [3.8, 4) is 11.4 Å². The molecule has 3 aliphatic heterocycles. The van der Waals surface area contributed by atoms with Crippen molar-refractivity contribution in [3.63, 3.8) is 0 Å². The highest BCUT2D eigenvalue weighted by Gasteiger charge is 2.51. The van der Waals surface area contributed by atoms with Gasteiger partial charge in [-0.3, -0.25) is 0 Å². The molecule has 3 aromatic rings. The normalized spacial score (nSPS) is 25.9. The fourth-order valence-corrected chi connectivity index (χ4v) is 5.91. The average Bonchev–Trinajstić information content (AvgIpc) is 3.69. The van der Waals surface area contributed by atoms with Crippen molar-refractivity contribution in [2.45, 2.75) is 50.2 Å². The number of ether oxygens (including phenoxy) is 2. The van der Waals surface area contributed by atoms with Gasteiger partial charge in [0.05, 0.1) is 19.7 Å². The number of hydrogen-bond acceptors (Lipinski definition) is 6. The molecule has 0 unspecified atom stereocenters. The van der Waals surface area contributed by atoms with Crippen LogP contribution in [0.15, 0.2) is 48.5 Å². The lowest BCUT2D eigenvalue weighted by Crippen LogP contribution is -3.08. The van der Waals surface area contributed by atoms with Gasteiger partial charge < -0.3 is 24.6 Å². The van der Waals surface area contributed by atoms with Gasteiger partial charge in [-0.25, -0.2) is 4.68 Å². The second kappa shape index (κ2) is 10.3. The number of benzene rings is 2. The number of tetrazole rings is 1. The molecular weight excluding hydrogens is 454 g/mol. The molecule has 0 radical (unpaired) electrons. The zero-order chi connectivity index (χ0) is 24.5. The highest BCUT2D eigenvalue weighted by atomic mass is 16.6. The molecule has 0 amide bonds. The quantitative estimate of drug-likeness (QED) is 0.464. The molecule has 2 aromatic carbocycles. The lowest BCUT2D eigenvalue weighted by Gasteiger charge is -2.17. The third-order valence-electron chi connectivity index (χ3n) is 7.93. The second-order valence-electron chi connectivity index (χ2n) is 10.6. The SMILES string of the molecule is CN(C)c1ccc(C[NH2+][C@H]2CO[C@H]3[C@@H]2OC[C@@H]3n2nnnc2-c2cccc(C[NH+]3CCCC3)c2)cc1. The van der Waals surface area contributed by atoms with Gasteiger partial charge in [0.2, 0.25) is 0 Å². The average molecular weight is 492 g/mol. The predicted octanol–water partition coefficient (Wildman–Crippen LogP) is 0.0557. The van der Waals surface area contributed by atoms with Crippen LogP contribution in [0.5, 0.6) is 0 Å². The molecule has 9 heteroatoms. The van der Waals surface area contributed by atoms with Crippen LogP contribution in [-0.4, -0.2) is 78.9 Å². The standard InChI is InChI=1S/C27H35N7O2/c1-32(2)22-10-8-19(9-11-22)15-28-23-17-35-26-24(18-36-25(23)26)34-27(29-30-31-34)21-7-5-6-20(14-21)16-33-12-3-4-13-33/h5-11,14,23-26,28H,3-4,12-13,15-18H2,1-2H3/p+2/t23-,24-,25+,26+/m0/s1. The number of aromatic nitrogens is 4. The molecule has 36 heavy (non-hydrogen) atoms. The van der Waals surface area contributed by atoms with Crippen LogP contribution in [0.1, 0.15) is 30.0 Å². The van der Waals surface area contributed by atoms with E-state index in [9.17, 15) is 0 Å². The van der Waals surface area contributed by atoms with Crippen molar-refractivity contribution in [1.29, 1.82) is 0 Å². The summed E-state index contributed by atoms with van der Waals surface area (Å²) in [5, 5.41) is 15.2. The molecule has 190 valence electrons. The highest BCUT2D eigenvalue weighted by Crippen LogP contribution is 2.35. The van der Waals surface area contributed by atoms with Crippen LogP contribution in [0.4, 0.5) is 5.69 Å². The minimum atomic E-state index is -0.0400. The Balaban J connectivity index is 1.12. The smallest absolute Gasteiger partial charge is 0.182 e. The van der Waals surface area contributed by atoms with Gasteiger partial charge in [0.15, 0.2) is 5.82 Å². The fraction of sp³-hybridized carbons (Fsp3) is 0.519. The summed E-state index contributed by atoms with van der Waals surface area (Å²) in [7, 11) is 4.13.